The number of nitrogens with one attached hydrogen (secondary N) is 1. The van der Waals surface area contributed by atoms with E-state index in [-0.39, 0.29) is 17.5 Å². The van der Waals surface area contributed by atoms with Crippen molar-refractivity contribution < 1.29 is 19.1 Å². The molecule has 1 unspecified atom stereocenters. The third-order valence-electron chi connectivity index (χ3n) is 3.66. The minimum Gasteiger partial charge on any atom is -0.478 e. The lowest BCUT2D eigenvalue weighted by molar-refractivity contribution is -0.131. The standard InChI is InChI=1S/C15H19FN2O3/c1-10(14(19)18-6-2-3-7-18)17-9-11-4-5-12(15(20)21)13(16)8-11/h4-5,8,10,17H,2-3,6-7,9H2,1H3,(H,20,21). The molecular weight excluding hydrogens is 275 g/mol. The van der Waals surface area contributed by atoms with Gasteiger partial charge in [-0.1, -0.05) is 6.07 Å². The summed E-state index contributed by atoms with van der Waals surface area (Å²) in [6.07, 6.45) is 2.08. The summed E-state index contributed by atoms with van der Waals surface area (Å²) in [5, 5.41) is 11.8. The molecule has 0 bridgehead atoms. The van der Waals surface area contributed by atoms with E-state index in [0.717, 1.165) is 25.9 Å². The van der Waals surface area contributed by atoms with Gasteiger partial charge in [-0.25, -0.2) is 9.18 Å². The lowest BCUT2D eigenvalue weighted by Crippen LogP contribution is -2.43. The van der Waals surface area contributed by atoms with Crippen LogP contribution >= 0.6 is 0 Å². The Hall–Kier alpha value is -1.95. The summed E-state index contributed by atoms with van der Waals surface area (Å²) < 4.78 is 13.5. The SMILES string of the molecule is CC(NCc1ccc(C(=O)O)c(F)c1)C(=O)N1CCCC1. The van der Waals surface area contributed by atoms with Gasteiger partial charge in [0.25, 0.3) is 0 Å². The fourth-order valence-electron chi connectivity index (χ4n) is 2.41. The van der Waals surface area contributed by atoms with Crippen LogP contribution in [0.5, 0.6) is 0 Å². The molecule has 1 aliphatic rings. The summed E-state index contributed by atoms with van der Waals surface area (Å²) in [5.74, 6) is -2.00. The first kappa shape index (κ1) is 15.4. The molecule has 1 saturated heterocycles. The third kappa shape index (κ3) is 3.78. The molecule has 1 amide bonds. The van der Waals surface area contributed by atoms with E-state index in [4.69, 9.17) is 5.11 Å². The second-order valence-corrected chi connectivity index (χ2v) is 5.25. The van der Waals surface area contributed by atoms with Gasteiger partial charge < -0.3 is 15.3 Å². The average Bonchev–Trinajstić information content (AvgIpc) is 2.97. The van der Waals surface area contributed by atoms with E-state index in [9.17, 15) is 14.0 Å². The molecule has 2 N–H and O–H groups in total. The Morgan fingerprint density at radius 1 is 1.38 bits per heavy atom. The predicted octanol–water partition coefficient (Wildman–Crippen LogP) is 1.62. The molecule has 114 valence electrons. The van der Waals surface area contributed by atoms with Gasteiger partial charge in [0.05, 0.1) is 11.6 Å². The van der Waals surface area contributed by atoms with Crippen molar-refractivity contribution in [3.63, 3.8) is 0 Å². The molecule has 0 saturated carbocycles. The molecule has 21 heavy (non-hydrogen) atoms. The van der Waals surface area contributed by atoms with Crippen molar-refractivity contribution >= 4 is 11.9 Å². The molecule has 0 radical (unpaired) electrons. The number of hydrogen-bond donors (Lipinski definition) is 2. The van der Waals surface area contributed by atoms with Crippen molar-refractivity contribution in [1.82, 2.24) is 10.2 Å². The Labute approximate surface area is 122 Å². The van der Waals surface area contributed by atoms with Crippen LogP contribution in [0.4, 0.5) is 4.39 Å². The zero-order chi connectivity index (χ0) is 15.4. The van der Waals surface area contributed by atoms with Gasteiger partial charge in [0.2, 0.25) is 5.91 Å². The molecule has 5 nitrogen and oxygen atoms in total. The molecule has 0 aliphatic carbocycles. The average molecular weight is 294 g/mol. The van der Waals surface area contributed by atoms with E-state index >= 15 is 0 Å². The maximum absolute atomic E-state index is 13.5. The first-order valence-corrected chi connectivity index (χ1v) is 7.03. The maximum Gasteiger partial charge on any atom is 0.338 e. The fourth-order valence-corrected chi connectivity index (χ4v) is 2.41. The number of halogens is 1. The summed E-state index contributed by atoms with van der Waals surface area (Å²) in [5.41, 5.74) is 0.263. The second kappa shape index (κ2) is 6.67. The van der Waals surface area contributed by atoms with Crippen molar-refractivity contribution in [3.05, 3.63) is 35.1 Å². The van der Waals surface area contributed by atoms with E-state index in [1.807, 2.05) is 4.90 Å². The molecule has 0 aromatic heterocycles. The number of hydrogen-bond acceptors (Lipinski definition) is 3. The van der Waals surface area contributed by atoms with Crippen LogP contribution in [-0.2, 0) is 11.3 Å². The van der Waals surface area contributed by atoms with Crippen molar-refractivity contribution in [1.29, 1.82) is 0 Å². The Morgan fingerprint density at radius 3 is 2.62 bits per heavy atom. The highest BCUT2D eigenvalue weighted by atomic mass is 19.1. The molecule has 1 aromatic rings. The minimum atomic E-state index is -1.29. The summed E-state index contributed by atoms with van der Waals surface area (Å²) in [4.78, 5) is 24.6. The Kier molecular flexibility index (Phi) is 4.90. The van der Waals surface area contributed by atoms with Crippen molar-refractivity contribution in [2.24, 2.45) is 0 Å². The number of rotatable bonds is 5. The Bertz CT molecular complexity index is 542. The van der Waals surface area contributed by atoms with Crippen LogP contribution in [0.2, 0.25) is 0 Å². The largest absolute Gasteiger partial charge is 0.478 e. The van der Waals surface area contributed by atoms with Crippen LogP contribution in [0, 0.1) is 5.82 Å². The van der Waals surface area contributed by atoms with Crippen molar-refractivity contribution in [2.45, 2.75) is 32.4 Å². The number of carbonyl (C=O) groups is 2. The highest BCUT2D eigenvalue weighted by Crippen LogP contribution is 2.12. The lowest BCUT2D eigenvalue weighted by Gasteiger charge is -2.21. The molecule has 2 rings (SSSR count). The van der Waals surface area contributed by atoms with Gasteiger partial charge in [-0.3, -0.25) is 4.79 Å². The zero-order valence-electron chi connectivity index (χ0n) is 11.9. The smallest absolute Gasteiger partial charge is 0.338 e. The number of benzene rings is 1. The first-order valence-electron chi connectivity index (χ1n) is 7.03. The highest BCUT2D eigenvalue weighted by Gasteiger charge is 2.22. The van der Waals surface area contributed by atoms with Gasteiger partial charge in [-0.15, -0.1) is 0 Å². The summed E-state index contributed by atoms with van der Waals surface area (Å²) in [6, 6.07) is 3.63. The fraction of sp³-hybridized carbons (Fsp3) is 0.467. The monoisotopic (exact) mass is 294 g/mol. The molecule has 1 aromatic carbocycles. The van der Waals surface area contributed by atoms with E-state index < -0.39 is 11.8 Å². The number of aromatic carboxylic acids is 1. The third-order valence-corrected chi connectivity index (χ3v) is 3.66. The van der Waals surface area contributed by atoms with Gasteiger partial charge in [0.1, 0.15) is 5.82 Å². The Balaban J connectivity index is 1.91. The van der Waals surface area contributed by atoms with Crippen LogP contribution in [0.3, 0.4) is 0 Å². The van der Waals surface area contributed by atoms with Crippen molar-refractivity contribution in [3.8, 4) is 0 Å². The van der Waals surface area contributed by atoms with E-state index in [1.54, 1.807) is 13.0 Å². The van der Waals surface area contributed by atoms with Crippen LogP contribution in [0.25, 0.3) is 0 Å². The number of carboxylic acid groups (broad SMARTS) is 1. The number of carboxylic acids is 1. The van der Waals surface area contributed by atoms with Crippen molar-refractivity contribution in [2.75, 3.05) is 13.1 Å². The van der Waals surface area contributed by atoms with Crippen LogP contribution in [0.1, 0.15) is 35.7 Å². The minimum absolute atomic E-state index is 0.0510. The predicted molar refractivity (Wildman–Crippen MR) is 75.5 cm³/mol. The van der Waals surface area contributed by atoms with E-state index in [1.165, 1.54) is 12.1 Å². The quantitative estimate of drug-likeness (QED) is 0.866. The van der Waals surface area contributed by atoms with Gasteiger partial charge in [0, 0.05) is 19.6 Å². The second-order valence-electron chi connectivity index (χ2n) is 5.25. The summed E-state index contributed by atoms with van der Waals surface area (Å²) >= 11 is 0. The molecule has 0 spiro atoms. The van der Waals surface area contributed by atoms with Gasteiger partial charge in [0.15, 0.2) is 0 Å². The topological polar surface area (TPSA) is 69.6 Å². The normalized spacial score (nSPS) is 16.0. The number of amides is 1. The maximum atomic E-state index is 13.5. The molecule has 1 atom stereocenters. The van der Waals surface area contributed by atoms with Gasteiger partial charge >= 0.3 is 5.97 Å². The van der Waals surface area contributed by atoms with E-state index in [0.29, 0.717) is 12.1 Å². The van der Waals surface area contributed by atoms with Crippen LogP contribution < -0.4 is 5.32 Å². The van der Waals surface area contributed by atoms with Gasteiger partial charge in [-0.05, 0) is 37.5 Å². The summed E-state index contributed by atoms with van der Waals surface area (Å²) in [6.45, 7) is 3.69. The van der Waals surface area contributed by atoms with E-state index in [2.05, 4.69) is 5.32 Å². The number of likely N-dealkylation sites (tertiary alicyclic amines) is 1. The number of carbonyl (C=O) groups excluding carboxylic acids is 1. The van der Waals surface area contributed by atoms with Crippen LogP contribution in [0.15, 0.2) is 18.2 Å². The number of nitrogens with zero attached hydrogens (tertiary/aromatic N) is 1. The lowest BCUT2D eigenvalue weighted by atomic mass is 10.1. The molecule has 6 heteroatoms. The summed E-state index contributed by atoms with van der Waals surface area (Å²) in [7, 11) is 0. The zero-order valence-corrected chi connectivity index (χ0v) is 11.9. The molecule has 1 heterocycles. The Morgan fingerprint density at radius 2 is 2.05 bits per heavy atom. The molecule has 1 aliphatic heterocycles. The molecule has 1 fully saturated rings. The van der Waals surface area contributed by atoms with Gasteiger partial charge in [-0.2, -0.15) is 0 Å². The molecular formula is C15H19FN2O3. The highest BCUT2D eigenvalue weighted by molar-refractivity contribution is 5.87. The van der Waals surface area contributed by atoms with Crippen LogP contribution in [-0.4, -0.2) is 41.0 Å². The first-order chi connectivity index (χ1) is 9.99.